The minimum absolute atomic E-state index is 0.0424. The first kappa shape index (κ1) is 20.3. The topological polar surface area (TPSA) is 43.4 Å². The quantitative estimate of drug-likeness (QED) is 0.487. The van der Waals surface area contributed by atoms with E-state index >= 15 is 0 Å². The Hall–Kier alpha value is -2.42. The lowest BCUT2D eigenvalue weighted by Crippen LogP contribution is -2.34. The summed E-state index contributed by atoms with van der Waals surface area (Å²) in [5, 5.41) is 0. The highest BCUT2D eigenvalue weighted by atomic mass is 16.5. The summed E-state index contributed by atoms with van der Waals surface area (Å²) >= 11 is 0. The van der Waals surface area contributed by atoms with Crippen LogP contribution in [0.1, 0.15) is 55.2 Å². The number of esters is 1. The molecule has 0 amide bonds. The third-order valence-corrected chi connectivity index (χ3v) is 5.84. The predicted octanol–water partition coefficient (Wildman–Crippen LogP) is 5.26. The number of ketones is 1. The minimum Gasteiger partial charge on any atom is -0.465 e. The van der Waals surface area contributed by atoms with Crippen LogP contribution >= 0.6 is 0 Å². The van der Waals surface area contributed by atoms with Crippen LogP contribution in [0, 0.1) is 18.8 Å². The van der Waals surface area contributed by atoms with Gasteiger partial charge in [0.25, 0.3) is 0 Å². The number of rotatable bonds is 7. The first-order valence-electron chi connectivity index (χ1n) is 10.4. The average molecular weight is 379 g/mol. The monoisotopic (exact) mass is 378 g/mol. The average Bonchev–Trinajstić information content (AvgIpc) is 2.72. The predicted molar refractivity (Wildman–Crippen MR) is 111 cm³/mol. The number of Topliss-reactive ketones (excluding diaryl/α,β-unsaturated/α-hetero) is 1. The maximum atomic E-state index is 13.2. The van der Waals surface area contributed by atoms with Crippen molar-refractivity contribution in [2.24, 2.45) is 11.8 Å². The summed E-state index contributed by atoms with van der Waals surface area (Å²) in [5.74, 6) is -0.534. The van der Waals surface area contributed by atoms with Gasteiger partial charge in [0.15, 0.2) is 5.78 Å². The molecule has 3 rings (SSSR count). The Labute approximate surface area is 168 Å². The number of ether oxygens (including phenoxy) is 1. The van der Waals surface area contributed by atoms with Crippen LogP contribution in [0.3, 0.4) is 0 Å². The van der Waals surface area contributed by atoms with Gasteiger partial charge in [-0.1, -0.05) is 60.2 Å². The number of aryl methyl sites for hydroxylation is 1. The van der Waals surface area contributed by atoms with Crippen LogP contribution in [-0.2, 0) is 20.7 Å². The molecule has 0 saturated heterocycles. The Bertz CT molecular complexity index is 788. The van der Waals surface area contributed by atoms with Gasteiger partial charge >= 0.3 is 5.97 Å². The first-order chi connectivity index (χ1) is 13.6. The molecule has 1 aliphatic carbocycles. The van der Waals surface area contributed by atoms with E-state index in [0.717, 1.165) is 36.8 Å². The Morgan fingerprint density at radius 3 is 2.36 bits per heavy atom. The molecule has 0 bridgehead atoms. The van der Waals surface area contributed by atoms with E-state index in [1.165, 1.54) is 5.56 Å². The molecule has 3 nitrogen and oxygen atoms in total. The van der Waals surface area contributed by atoms with Crippen LogP contribution in [0.5, 0.6) is 0 Å². The van der Waals surface area contributed by atoms with Crippen molar-refractivity contribution >= 4 is 11.8 Å². The van der Waals surface area contributed by atoms with Gasteiger partial charge in [-0.05, 0) is 63.0 Å². The molecule has 1 aliphatic rings. The zero-order chi connectivity index (χ0) is 19.9. The molecule has 2 aromatic rings. The highest BCUT2D eigenvalue weighted by Gasteiger charge is 2.35. The number of carbonyl (C=O) groups excluding carboxylic acids is 2. The fourth-order valence-electron chi connectivity index (χ4n) is 4.34. The smallest absolute Gasteiger partial charge is 0.316 e. The van der Waals surface area contributed by atoms with Crippen LogP contribution in [0.4, 0.5) is 0 Å². The number of hydrogen-bond acceptors (Lipinski definition) is 3. The first-order valence-corrected chi connectivity index (χ1v) is 10.4. The molecule has 1 saturated carbocycles. The third-order valence-electron chi connectivity index (χ3n) is 5.84. The van der Waals surface area contributed by atoms with Crippen LogP contribution in [0.2, 0.25) is 0 Å². The summed E-state index contributed by atoms with van der Waals surface area (Å²) in [5.41, 5.74) is 3.51. The van der Waals surface area contributed by atoms with Crippen molar-refractivity contribution < 1.29 is 14.3 Å². The van der Waals surface area contributed by atoms with Crippen LogP contribution in [0.15, 0.2) is 54.6 Å². The van der Waals surface area contributed by atoms with E-state index in [1.807, 2.05) is 37.3 Å². The zero-order valence-electron chi connectivity index (χ0n) is 16.9. The highest BCUT2D eigenvalue weighted by Crippen LogP contribution is 2.37. The summed E-state index contributed by atoms with van der Waals surface area (Å²) in [6.07, 6.45) is 4.13. The van der Waals surface area contributed by atoms with Crippen LogP contribution in [-0.4, -0.2) is 18.4 Å². The summed E-state index contributed by atoms with van der Waals surface area (Å²) < 4.78 is 5.25. The largest absolute Gasteiger partial charge is 0.465 e. The lowest BCUT2D eigenvalue weighted by molar-refractivity contribution is -0.152. The van der Waals surface area contributed by atoms with Crippen LogP contribution in [0.25, 0.3) is 0 Å². The number of benzene rings is 2. The molecule has 1 fully saturated rings. The molecule has 148 valence electrons. The Balaban J connectivity index is 1.68. The summed E-state index contributed by atoms with van der Waals surface area (Å²) in [6, 6.07) is 18.6. The number of hydrogen-bond donors (Lipinski definition) is 0. The Kier molecular flexibility index (Phi) is 7.02. The second-order valence-electron chi connectivity index (χ2n) is 7.86. The maximum absolute atomic E-state index is 13.2. The summed E-state index contributed by atoms with van der Waals surface area (Å²) in [7, 11) is 0. The van der Waals surface area contributed by atoms with E-state index in [0.29, 0.717) is 18.9 Å². The molecule has 0 spiro atoms. The van der Waals surface area contributed by atoms with Crippen molar-refractivity contribution in [3.63, 3.8) is 0 Å². The van der Waals surface area contributed by atoms with Crippen molar-refractivity contribution in [1.82, 2.24) is 0 Å². The third kappa shape index (κ3) is 5.09. The lowest BCUT2D eigenvalue weighted by Gasteiger charge is -2.30. The minimum atomic E-state index is -0.694. The van der Waals surface area contributed by atoms with Crippen LogP contribution < -0.4 is 0 Å². The van der Waals surface area contributed by atoms with Crippen molar-refractivity contribution in [3.8, 4) is 0 Å². The molecule has 28 heavy (non-hydrogen) atoms. The van der Waals surface area contributed by atoms with E-state index in [9.17, 15) is 9.59 Å². The van der Waals surface area contributed by atoms with Crippen molar-refractivity contribution in [2.75, 3.05) is 6.61 Å². The van der Waals surface area contributed by atoms with Gasteiger partial charge in [-0.2, -0.15) is 0 Å². The molecule has 2 aromatic carbocycles. The zero-order valence-corrected chi connectivity index (χ0v) is 16.9. The van der Waals surface area contributed by atoms with Gasteiger partial charge in [0.1, 0.15) is 5.92 Å². The van der Waals surface area contributed by atoms with E-state index in [-0.39, 0.29) is 17.7 Å². The lowest BCUT2D eigenvalue weighted by atomic mass is 9.74. The van der Waals surface area contributed by atoms with E-state index in [1.54, 1.807) is 6.92 Å². The molecular weight excluding hydrogens is 348 g/mol. The molecule has 0 aromatic heterocycles. The SMILES string of the molecule is CCOC(=O)C(Cc1cccc(C)c1)C(=O)[C@H]1CC[C@H](c2ccccc2)CC1. The highest BCUT2D eigenvalue weighted by molar-refractivity contribution is 6.00. The second-order valence-corrected chi connectivity index (χ2v) is 7.86. The van der Waals surface area contributed by atoms with E-state index in [4.69, 9.17) is 4.74 Å². The van der Waals surface area contributed by atoms with E-state index < -0.39 is 5.92 Å². The molecule has 0 N–H and O–H groups in total. The molecule has 0 heterocycles. The van der Waals surface area contributed by atoms with Gasteiger partial charge in [-0.3, -0.25) is 9.59 Å². The number of carbonyl (C=O) groups is 2. The van der Waals surface area contributed by atoms with Gasteiger partial charge in [0.2, 0.25) is 0 Å². The van der Waals surface area contributed by atoms with Gasteiger partial charge in [-0.15, -0.1) is 0 Å². The van der Waals surface area contributed by atoms with E-state index in [2.05, 4.69) is 24.3 Å². The molecule has 3 heteroatoms. The molecule has 0 aliphatic heterocycles. The Morgan fingerprint density at radius 1 is 1.00 bits per heavy atom. The van der Waals surface area contributed by atoms with Gasteiger partial charge in [0, 0.05) is 5.92 Å². The van der Waals surface area contributed by atoms with Crippen molar-refractivity contribution in [3.05, 3.63) is 71.3 Å². The summed E-state index contributed by atoms with van der Waals surface area (Å²) in [4.78, 5) is 25.8. The normalized spacial score (nSPS) is 20.4. The van der Waals surface area contributed by atoms with Crippen molar-refractivity contribution in [2.45, 2.75) is 51.9 Å². The molecule has 1 atom stereocenters. The van der Waals surface area contributed by atoms with Crippen molar-refractivity contribution in [1.29, 1.82) is 0 Å². The molecular formula is C25H30O3. The standard InChI is InChI=1S/C25H30O3/c1-3-28-25(27)23(17-19-9-7-8-18(2)16-19)24(26)22-14-12-21(13-15-22)20-10-5-4-6-11-20/h4-11,16,21-23H,3,12-15,17H2,1-2H3/t21-,22-,23?. The Morgan fingerprint density at radius 2 is 1.71 bits per heavy atom. The molecule has 0 radical (unpaired) electrons. The fraction of sp³-hybridized carbons (Fsp3) is 0.440. The van der Waals surface area contributed by atoms with Gasteiger partial charge < -0.3 is 4.74 Å². The van der Waals surface area contributed by atoms with Gasteiger partial charge in [0.05, 0.1) is 6.61 Å². The second kappa shape index (κ2) is 9.68. The molecule has 1 unspecified atom stereocenters. The summed E-state index contributed by atoms with van der Waals surface area (Å²) in [6.45, 7) is 4.11. The van der Waals surface area contributed by atoms with Gasteiger partial charge in [-0.25, -0.2) is 0 Å². The fourth-order valence-corrected chi connectivity index (χ4v) is 4.34. The maximum Gasteiger partial charge on any atom is 0.316 e.